The van der Waals surface area contributed by atoms with Crippen LogP contribution in [0.3, 0.4) is 0 Å². The van der Waals surface area contributed by atoms with Gasteiger partial charge in [-0.3, -0.25) is 0 Å². The van der Waals surface area contributed by atoms with E-state index in [9.17, 15) is 0 Å². The Labute approximate surface area is 360 Å². The van der Waals surface area contributed by atoms with Gasteiger partial charge in [0.25, 0.3) is 0 Å². The lowest BCUT2D eigenvalue weighted by molar-refractivity contribution is 0.768. The molecule has 0 amide bonds. The van der Waals surface area contributed by atoms with Crippen molar-refractivity contribution in [3.63, 3.8) is 0 Å². The van der Waals surface area contributed by atoms with Crippen molar-refractivity contribution in [3.8, 4) is 33.4 Å². The standard InChI is InChI=1S/C59H39NS/c1-5-20-40(21-6-1)45-28-16-18-34-55(45)60(56-35-19-32-50-52-39-51(41-22-7-2-8-23-41)46-29-13-14-31-49(46)57(52)61-58(50)56)44-36-37-48-47-30-15-17-33-53(47)59(54(48)38-44,42-24-9-3-10-25-42)43-26-11-4-12-27-43/h1-39H. The van der Waals surface area contributed by atoms with Crippen molar-refractivity contribution in [1.82, 2.24) is 0 Å². The summed E-state index contributed by atoms with van der Waals surface area (Å²) in [5, 5.41) is 5.11. The molecule has 0 unspecified atom stereocenters. The summed E-state index contributed by atoms with van der Waals surface area (Å²) in [6.07, 6.45) is 0. The van der Waals surface area contributed by atoms with Crippen molar-refractivity contribution in [2.24, 2.45) is 0 Å². The maximum atomic E-state index is 2.53. The molecule has 0 bridgehead atoms. The third-order valence-electron chi connectivity index (χ3n) is 12.7. The average Bonchev–Trinajstić information content (AvgIpc) is 3.87. The minimum Gasteiger partial charge on any atom is -0.308 e. The number of rotatable bonds is 7. The molecule has 0 radical (unpaired) electrons. The molecule has 1 aliphatic carbocycles. The largest absolute Gasteiger partial charge is 0.308 e. The number of thiophene rings is 1. The van der Waals surface area contributed by atoms with Gasteiger partial charge >= 0.3 is 0 Å². The smallest absolute Gasteiger partial charge is 0.0714 e. The first-order valence-corrected chi connectivity index (χ1v) is 21.8. The Morgan fingerprint density at radius 2 is 0.820 bits per heavy atom. The van der Waals surface area contributed by atoms with E-state index in [0.29, 0.717) is 0 Å². The summed E-state index contributed by atoms with van der Waals surface area (Å²) >= 11 is 1.91. The monoisotopic (exact) mass is 793 g/mol. The zero-order chi connectivity index (χ0) is 40.3. The highest BCUT2D eigenvalue weighted by atomic mass is 32.1. The summed E-state index contributed by atoms with van der Waals surface area (Å²) in [7, 11) is 0. The second kappa shape index (κ2) is 14.3. The quantitative estimate of drug-likeness (QED) is 0.155. The normalized spacial score (nSPS) is 12.7. The van der Waals surface area contributed by atoms with Crippen molar-refractivity contribution in [2.45, 2.75) is 5.41 Å². The molecule has 286 valence electrons. The van der Waals surface area contributed by atoms with Crippen LogP contribution in [-0.4, -0.2) is 0 Å². The Morgan fingerprint density at radius 3 is 1.52 bits per heavy atom. The molecule has 1 heterocycles. The highest BCUT2D eigenvalue weighted by molar-refractivity contribution is 7.27. The van der Waals surface area contributed by atoms with Gasteiger partial charge in [-0.15, -0.1) is 11.3 Å². The van der Waals surface area contributed by atoms with Crippen molar-refractivity contribution in [3.05, 3.63) is 259 Å². The zero-order valence-corrected chi connectivity index (χ0v) is 34.2. The van der Waals surface area contributed by atoms with Crippen LogP contribution in [0.5, 0.6) is 0 Å². The number of hydrogen-bond donors (Lipinski definition) is 0. The molecule has 12 rings (SSSR count). The van der Waals surface area contributed by atoms with Crippen LogP contribution >= 0.6 is 11.3 Å². The van der Waals surface area contributed by atoms with Crippen LogP contribution in [0, 0.1) is 0 Å². The Kier molecular flexibility index (Phi) is 8.33. The maximum Gasteiger partial charge on any atom is 0.0714 e. The molecule has 0 fully saturated rings. The van der Waals surface area contributed by atoms with Crippen LogP contribution in [0.25, 0.3) is 64.3 Å². The minimum absolute atomic E-state index is 0.522. The van der Waals surface area contributed by atoms with Crippen molar-refractivity contribution in [1.29, 1.82) is 0 Å². The lowest BCUT2D eigenvalue weighted by Gasteiger charge is -2.35. The van der Waals surface area contributed by atoms with E-state index in [0.717, 1.165) is 17.1 Å². The van der Waals surface area contributed by atoms with Crippen molar-refractivity contribution < 1.29 is 0 Å². The number of benzene rings is 10. The van der Waals surface area contributed by atoms with Gasteiger partial charge in [0.1, 0.15) is 0 Å². The molecule has 0 saturated carbocycles. The van der Waals surface area contributed by atoms with E-state index in [1.54, 1.807) is 0 Å². The first-order chi connectivity index (χ1) is 30.3. The second-order valence-electron chi connectivity index (χ2n) is 15.9. The van der Waals surface area contributed by atoms with Gasteiger partial charge in [-0.05, 0) is 85.8 Å². The second-order valence-corrected chi connectivity index (χ2v) is 17.0. The molecule has 0 N–H and O–H groups in total. The number of hydrogen-bond acceptors (Lipinski definition) is 2. The summed E-state index contributed by atoms with van der Waals surface area (Å²) in [6.45, 7) is 0. The highest BCUT2D eigenvalue weighted by Gasteiger charge is 2.46. The Hall–Kier alpha value is -7.52. The Morgan fingerprint density at radius 1 is 0.311 bits per heavy atom. The number of fused-ring (bicyclic) bond motifs is 8. The van der Waals surface area contributed by atoms with Crippen molar-refractivity contribution >= 4 is 59.3 Å². The Bertz CT molecular complexity index is 3370. The lowest BCUT2D eigenvalue weighted by atomic mass is 9.67. The first kappa shape index (κ1) is 35.4. The summed E-state index contributed by atoms with van der Waals surface area (Å²) in [5.41, 5.74) is 15.4. The molecule has 61 heavy (non-hydrogen) atoms. The molecule has 2 heteroatoms. The van der Waals surface area contributed by atoms with E-state index >= 15 is 0 Å². The molecule has 11 aromatic rings. The fraction of sp³-hybridized carbons (Fsp3) is 0.0169. The van der Waals surface area contributed by atoms with E-state index in [1.807, 2.05) is 11.3 Å². The number of para-hydroxylation sites is 1. The molecule has 1 aromatic heterocycles. The predicted octanol–water partition coefficient (Wildman–Crippen LogP) is 16.4. The van der Waals surface area contributed by atoms with Gasteiger partial charge in [0.05, 0.1) is 21.5 Å². The van der Waals surface area contributed by atoms with Gasteiger partial charge in [-0.2, -0.15) is 0 Å². The summed E-state index contributed by atoms with van der Waals surface area (Å²) in [4.78, 5) is 2.53. The van der Waals surface area contributed by atoms with E-state index in [2.05, 4.69) is 241 Å². The van der Waals surface area contributed by atoms with Crippen LogP contribution in [0.15, 0.2) is 237 Å². The third-order valence-corrected chi connectivity index (χ3v) is 14.0. The molecular formula is C59H39NS. The first-order valence-electron chi connectivity index (χ1n) is 21.0. The van der Waals surface area contributed by atoms with Gasteiger partial charge < -0.3 is 4.90 Å². The van der Waals surface area contributed by atoms with Crippen LogP contribution < -0.4 is 4.90 Å². The lowest BCUT2D eigenvalue weighted by Crippen LogP contribution is -2.28. The Balaban J connectivity index is 1.17. The SMILES string of the molecule is c1ccc(-c2ccccc2N(c2ccc3c(c2)C(c2ccccc2)(c2ccccc2)c2ccccc2-3)c2cccc3c2sc2c4ccccc4c(-c4ccccc4)cc32)cc1. The van der Waals surface area contributed by atoms with Gasteiger partial charge in [-0.1, -0.05) is 206 Å². The van der Waals surface area contributed by atoms with E-state index in [4.69, 9.17) is 0 Å². The molecule has 0 atom stereocenters. The zero-order valence-electron chi connectivity index (χ0n) is 33.4. The maximum absolute atomic E-state index is 2.53. The molecule has 1 aliphatic rings. The highest BCUT2D eigenvalue weighted by Crippen LogP contribution is 2.58. The molecule has 1 nitrogen and oxygen atoms in total. The van der Waals surface area contributed by atoms with E-state index in [1.165, 1.54) is 86.6 Å². The predicted molar refractivity (Wildman–Crippen MR) is 260 cm³/mol. The van der Waals surface area contributed by atoms with E-state index < -0.39 is 5.41 Å². The molecular weight excluding hydrogens is 755 g/mol. The van der Waals surface area contributed by atoms with Gasteiger partial charge in [0, 0.05) is 32.1 Å². The summed E-state index contributed by atoms with van der Waals surface area (Å²) in [6, 6.07) is 87.2. The van der Waals surface area contributed by atoms with Crippen LogP contribution in [0.2, 0.25) is 0 Å². The van der Waals surface area contributed by atoms with Crippen LogP contribution in [-0.2, 0) is 5.41 Å². The van der Waals surface area contributed by atoms with Gasteiger partial charge in [0.15, 0.2) is 0 Å². The third kappa shape index (κ3) is 5.46. The number of anilines is 3. The van der Waals surface area contributed by atoms with Crippen molar-refractivity contribution in [2.75, 3.05) is 4.90 Å². The van der Waals surface area contributed by atoms with Gasteiger partial charge in [0.2, 0.25) is 0 Å². The van der Waals surface area contributed by atoms with Crippen LogP contribution in [0.4, 0.5) is 17.1 Å². The molecule has 10 aromatic carbocycles. The molecule has 0 aliphatic heterocycles. The minimum atomic E-state index is -0.522. The van der Waals surface area contributed by atoms with Crippen LogP contribution in [0.1, 0.15) is 22.3 Å². The fourth-order valence-corrected chi connectivity index (χ4v) is 11.5. The van der Waals surface area contributed by atoms with E-state index in [-0.39, 0.29) is 0 Å². The fourth-order valence-electron chi connectivity index (χ4n) is 10.1. The summed E-state index contributed by atoms with van der Waals surface area (Å²) in [5.74, 6) is 0. The van der Waals surface area contributed by atoms with Gasteiger partial charge in [-0.25, -0.2) is 0 Å². The summed E-state index contributed by atoms with van der Waals surface area (Å²) < 4.78 is 2.57. The molecule has 0 saturated heterocycles. The topological polar surface area (TPSA) is 3.24 Å². The molecule has 0 spiro atoms. The average molecular weight is 794 g/mol. The number of nitrogens with zero attached hydrogens (tertiary/aromatic N) is 1.